The van der Waals surface area contributed by atoms with Gasteiger partial charge in [-0.3, -0.25) is 0 Å². The number of hydrogen-bond acceptors (Lipinski definition) is 4. The number of halogens is 3. The van der Waals surface area contributed by atoms with Gasteiger partial charge in [0.2, 0.25) is 5.96 Å². The molecule has 0 spiro atoms. The monoisotopic (exact) mass is 465 g/mol. The first-order valence-electron chi connectivity index (χ1n) is 8.67. The number of ether oxygens (including phenoxy) is 1. The van der Waals surface area contributed by atoms with Crippen LogP contribution in [0.1, 0.15) is 5.56 Å². The predicted molar refractivity (Wildman–Crippen MR) is 114 cm³/mol. The van der Waals surface area contributed by atoms with Gasteiger partial charge >= 0.3 is 0 Å². The third-order valence-electron chi connectivity index (χ3n) is 4.22. The van der Waals surface area contributed by atoms with E-state index in [4.69, 9.17) is 27.9 Å². The van der Waals surface area contributed by atoms with Crippen molar-refractivity contribution in [2.45, 2.75) is 11.4 Å². The molecule has 0 aromatic heterocycles. The van der Waals surface area contributed by atoms with Gasteiger partial charge in [0.05, 0.1) is 11.6 Å². The summed E-state index contributed by atoms with van der Waals surface area (Å²) in [7, 11) is -3.91. The summed E-state index contributed by atoms with van der Waals surface area (Å²) in [6, 6.07) is 15.5. The number of hydrogen-bond donors (Lipinski definition) is 2. The number of anilines is 1. The Labute approximate surface area is 182 Å². The molecule has 1 aliphatic rings. The van der Waals surface area contributed by atoms with Crippen molar-refractivity contribution in [3.8, 4) is 11.5 Å². The van der Waals surface area contributed by atoms with Crippen LogP contribution in [0.2, 0.25) is 10.0 Å². The molecule has 0 atom stereocenters. The molecule has 0 radical (unpaired) electrons. The van der Waals surface area contributed by atoms with Gasteiger partial charge in [-0.15, -0.1) is 0 Å². The number of para-hydroxylation sites is 2. The number of sulfonamides is 1. The molecule has 0 saturated heterocycles. The zero-order valence-corrected chi connectivity index (χ0v) is 17.5. The first-order valence-corrected chi connectivity index (χ1v) is 10.9. The summed E-state index contributed by atoms with van der Waals surface area (Å²) in [4.78, 5) is 4.14. The van der Waals surface area contributed by atoms with Crippen molar-refractivity contribution in [2.24, 2.45) is 4.99 Å². The lowest BCUT2D eigenvalue weighted by molar-refractivity contribution is 0.483. The minimum atomic E-state index is -3.91. The molecule has 0 unspecified atom stereocenters. The molecular formula is C20H14Cl2FN3O3S. The average Bonchev–Trinajstić information content (AvgIpc) is 2.70. The lowest BCUT2D eigenvalue weighted by Gasteiger charge is -2.23. The number of benzene rings is 3. The molecule has 0 aliphatic carbocycles. The Morgan fingerprint density at radius 2 is 1.77 bits per heavy atom. The third kappa shape index (κ3) is 4.21. The summed E-state index contributed by atoms with van der Waals surface area (Å²) in [5.41, 5.74) is 0.420. The third-order valence-corrected chi connectivity index (χ3v) is 6.15. The van der Waals surface area contributed by atoms with Crippen LogP contribution in [-0.4, -0.2) is 14.4 Å². The van der Waals surface area contributed by atoms with E-state index in [1.54, 1.807) is 36.4 Å². The fraction of sp³-hybridized carbons (Fsp3) is 0.0500. The molecule has 0 bridgehead atoms. The van der Waals surface area contributed by atoms with Gasteiger partial charge in [0.15, 0.2) is 5.75 Å². The highest BCUT2D eigenvalue weighted by molar-refractivity contribution is 7.90. The molecule has 0 saturated carbocycles. The summed E-state index contributed by atoms with van der Waals surface area (Å²) in [6.45, 7) is -0.125. The summed E-state index contributed by atoms with van der Waals surface area (Å²) >= 11 is 12.0. The number of rotatable bonds is 4. The van der Waals surface area contributed by atoms with Crippen molar-refractivity contribution in [3.05, 3.63) is 82.1 Å². The zero-order chi connectivity index (χ0) is 21.3. The van der Waals surface area contributed by atoms with Crippen LogP contribution < -0.4 is 14.8 Å². The second-order valence-corrected chi connectivity index (χ2v) is 8.79. The molecule has 30 heavy (non-hydrogen) atoms. The smallest absolute Gasteiger partial charge is 0.266 e. The van der Waals surface area contributed by atoms with Gasteiger partial charge in [0, 0.05) is 10.6 Å². The highest BCUT2D eigenvalue weighted by Crippen LogP contribution is 2.38. The number of nitrogens with one attached hydrogen (secondary N) is 2. The molecule has 3 aromatic carbocycles. The van der Waals surface area contributed by atoms with Crippen LogP contribution in [0.3, 0.4) is 0 Å². The molecular weight excluding hydrogens is 452 g/mol. The Morgan fingerprint density at radius 1 is 1.00 bits per heavy atom. The van der Waals surface area contributed by atoms with Gasteiger partial charge in [-0.1, -0.05) is 41.4 Å². The Balaban J connectivity index is 1.69. The topological polar surface area (TPSA) is 79.8 Å². The Morgan fingerprint density at radius 3 is 2.57 bits per heavy atom. The molecule has 1 heterocycles. The van der Waals surface area contributed by atoms with Gasteiger partial charge in [0.25, 0.3) is 10.0 Å². The first kappa shape index (κ1) is 20.5. The zero-order valence-electron chi connectivity index (χ0n) is 15.2. The molecule has 1 aliphatic heterocycles. The summed E-state index contributed by atoms with van der Waals surface area (Å²) in [5, 5.41) is 3.63. The normalized spacial score (nSPS) is 15.8. The Kier molecular flexibility index (Phi) is 5.55. The molecule has 10 heteroatoms. The van der Waals surface area contributed by atoms with Crippen LogP contribution in [0.5, 0.6) is 11.5 Å². The summed E-state index contributed by atoms with van der Waals surface area (Å²) < 4.78 is 47.5. The second kappa shape index (κ2) is 8.14. The van der Waals surface area contributed by atoms with Crippen LogP contribution in [0.25, 0.3) is 0 Å². The first-order chi connectivity index (χ1) is 14.3. The van der Waals surface area contributed by atoms with E-state index < -0.39 is 15.8 Å². The van der Waals surface area contributed by atoms with Crippen molar-refractivity contribution in [1.82, 2.24) is 4.72 Å². The second-order valence-electron chi connectivity index (χ2n) is 6.29. The van der Waals surface area contributed by atoms with Gasteiger partial charge in [0.1, 0.15) is 22.1 Å². The predicted octanol–water partition coefficient (Wildman–Crippen LogP) is 5.18. The van der Waals surface area contributed by atoms with E-state index in [2.05, 4.69) is 15.0 Å². The van der Waals surface area contributed by atoms with Crippen LogP contribution in [0.15, 0.2) is 70.6 Å². The van der Waals surface area contributed by atoms with Crippen molar-refractivity contribution in [1.29, 1.82) is 0 Å². The van der Waals surface area contributed by atoms with Crippen molar-refractivity contribution in [3.63, 3.8) is 0 Å². The lowest BCUT2D eigenvalue weighted by atomic mass is 10.2. The maximum Gasteiger partial charge on any atom is 0.266 e. The average molecular weight is 466 g/mol. The minimum Gasteiger partial charge on any atom is -0.454 e. The summed E-state index contributed by atoms with van der Waals surface area (Å²) in [5.74, 6) is 0.0414. The van der Waals surface area contributed by atoms with E-state index in [9.17, 15) is 12.8 Å². The van der Waals surface area contributed by atoms with Gasteiger partial charge in [-0.2, -0.15) is 0 Å². The standard InChI is InChI=1S/C20H14Cl2FN3O3S/c21-13-8-9-15(23)12(10-13)11-24-20-25-19-17(29-16-5-2-1-4-14(16)22)6-3-7-18(19)30(27,28)26-20/h1-10H,11H2,(H2,24,25,26). The molecule has 2 N–H and O–H groups in total. The number of aliphatic imine (C=N–C) groups is 1. The Hall–Kier alpha value is -2.81. The molecule has 154 valence electrons. The fourth-order valence-electron chi connectivity index (χ4n) is 2.82. The van der Waals surface area contributed by atoms with E-state index in [0.29, 0.717) is 15.8 Å². The van der Waals surface area contributed by atoms with Gasteiger partial charge in [-0.05, 0) is 42.5 Å². The number of nitrogens with zero attached hydrogens (tertiary/aromatic N) is 1. The fourth-order valence-corrected chi connectivity index (χ4v) is 4.34. The van der Waals surface area contributed by atoms with E-state index >= 15 is 0 Å². The number of guanidine groups is 1. The molecule has 0 fully saturated rings. The van der Waals surface area contributed by atoms with E-state index in [-0.39, 0.29) is 34.4 Å². The van der Waals surface area contributed by atoms with E-state index in [0.717, 1.165) is 0 Å². The van der Waals surface area contributed by atoms with Crippen molar-refractivity contribution < 1.29 is 17.5 Å². The van der Waals surface area contributed by atoms with Crippen LogP contribution in [0, 0.1) is 5.82 Å². The molecule has 6 nitrogen and oxygen atoms in total. The van der Waals surface area contributed by atoms with Crippen molar-refractivity contribution >= 4 is 44.9 Å². The van der Waals surface area contributed by atoms with Crippen LogP contribution >= 0.6 is 23.2 Å². The largest absolute Gasteiger partial charge is 0.454 e. The lowest BCUT2D eigenvalue weighted by Crippen LogP contribution is -2.40. The highest BCUT2D eigenvalue weighted by Gasteiger charge is 2.29. The van der Waals surface area contributed by atoms with E-state index in [1.165, 1.54) is 24.3 Å². The van der Waals surface area contributed by atoms with Crippen LogP contribution in [-0.2, 0) is 16.6 Å². The maximum absolute atomic E-state index is 13.9. The SMILES string of the molecule is O=S1(=O)NC(=NCc2cc(Cl)ccc2F)Nc2c(Oc3ccccc3Cl)cccc21. The maximum atomic E-state index is 13.9. The number of fused-ring (bicyclic) bond motifs is 1. The molecule has 0 amide bonds. The van der Waals surface area contributed by atoms with Crippen molar-refractivity contribution in [2.75, 3.05) is 5.32 Å². The highest BCUT2D eigenvalue weighted by atomic mass is 35.5. The summed E-state index contributed by atoms with van der Waals surface area (Å²) in [6.07, 6.45) is 0. The Bertz CT molecular complexity index is 1270. The quantitative estimate of drug-likeness (QED) is 0.555. The van der Waals surface area contributed by atoms with Gasteiger partial charge in [-0.25, -0.2) is 22.5 Å². The molecule has 4 rings (SSSR count). The minimum absolute atomic E-state index is 0.0139. The van der Waals surface area contributed by atoms with Crippen LogP contribution in [0.4, 0.5) is 10.1 Å². The van der Waals surface area contributed by atoms with Gasteiger partial charge < -0.3 is 10.1 Å². The van der Waals surface area contributed by atoms with E-state index in [1.807, 2.05) is 0 Å². The molecule has 3 aromatic rings.